The maximum absolute atomic E-state index is 10.0. The Morgan fingerprint density at radius 2 is 0.706 bits per heavy atom. The number of aliphatic hydroxyl groups excluding tert-OH is 3. The van der Waals surface area contributed by atoms with Gasteiger partial charge in [0.05, 0.1) is 36.2 Å². The van der Waals surface area contributed by atoms with Crippen LogP contribution in [0.1, 0.15) is 117 Å². The van der Waals surface area contributed by atoms with Crippen LogP contribution in [-0.4, -0.2) is 77.7 Å². The molecule has 3 N–H and O–H groups in total. The third kappa shape index (κ3) is 33.3. The van der Waals surface area contributed by atoms with Crippen molar-refractivity contribution in [2.24, 2.45) is 0 Å². The van der Waals surface area contributed by atoms with Crippen LogP contribution < -0.4 is 15.3 Å². The van der Waals surface area contributed by atoms with E-state index in [1.807, 2.05) is 0 Å². The molecule has 0 bridgehead atoms. The molecule has 10 heteroatoms. The van der Waals surface area contributed by atoms with Crippen LogP contribution in [0.3, 0.4) is 0 Å². The second kappa shape index (κ2) is 30.2. The Morgan fingerprint density at radius 3 is 0.853 bits per heavy atom. The van der Waals surface area contributed by atoms with Crippen LogP contribution in [0.15, 0.2) is 0 Å². The number of hydrogen-bond donors (Lipinski definition) is 3. The zero-order valence-corrected chi connectivity index (χ0v) is 24.6. The monoisotopic (exact) mass is 686 g/mol. The second-order valence-corrected chi connectivity index (χ2v) is 8.05. The van der Waals surface area contributed by atoms with Crippen LogP contribution in [0.2, 0.25) is 0 Å². The zero-order valence-electron chi connectivity index (χ0n) is 21.1. The van der Waals surface area contributed by atoms with Gasteiger partial charge >= 0.3 is 26.2 Å². The van der Waals surface area contributed by atoms with Crippen LogP contribution in [0.4, 0.5) is 0 Å². The predicted octanol–water partition coefficient (Wildman–Crippen LogP) is -0.178. The Hall–Kier alpha value is -0.827. The normalized spacial score (nSPS) is 12.5. The van der Waals surface area contributed by atoms with Gasteiger partial charge in [-0.2, -0.15) is 0 Å². The molecule has 34 heavy (non-hydrogen) atoms. The number of aliphatic carboxylic acids is 3. The average Bonchev–Trinajstić information content (AvgIpc) is 2.77. The summed E-state index contributed by atoms with van der Waals surface area (Å²) in [6, 6.07) is 0. The van der Waals surface area contributed by atoms with Crippen LogP contribution in [0.5, 0.6) is 0 Å². The first kappa shape index (κ1) is 40.3. The van der Waals surface area contributed by atoms with Gasteiger partial charge in [-0.15, -0.1) is 0 Å². The number of rotatable bonds is 18. The molecule has 2 radical (unpaired) electrons. The third-order valence-corrected chi connectivity index (χ3v) is 4.81. The van der Waals surface area contributed by atoms with Gasteiger partial charge in [-0.1, -0.05) is 97.8 Å². The van der Waals surface area contributed by atoms with Gasteiger partial charge in [0.25, 0.3) is 0 Å². The Bertz CT molecular complexity index is 409. The largest absolute Gasteiger partial charge is 3.00 e. The SMILES string of the molecule is CCCCCCC(O)C(=O)[O-].CCCCCCC(O)C(=O)[O-].CCCCCCC(O)C(=O)[O-].[Bi+3]. The molecule has 0 heterocycles. The molecule has 0 fully saturated rings. The minimum atomic E-state index is -1.36. The number of carboxylic acids is 3. The fourth-order valence-corrected chi connectivity index (χ4v) is 2.65. The summed E-state index contributed by atoms with van der Waals surface area (Å²) in [5.41, 5.74) is 0. The minimum Gasteiger partial charge on any atom is -0.547 e. The third-order valence-electron chi connectivity index (χ3n) is 4.81. The van der Waals surface area contributed by atoms with E-state index in [0.717, 1.165) is 77.0 Å². The van der Waals surface area contributed by atoms with Gasteiger partial charge in [0.1, 0.15) is 0 Å². The first-order valence-electron chi connectivity index (χ1n) is 12.2. The van der Waals surface area contributed by atoms with Crippen molar-refractivity contribution in [2.45, 2.75) is 135 Å². The minimum absolute atomic E-state index is 0. The molecule has 0 aromatic rings. The molecule has 0 aliphatic rings. The molecular formula is C24H45BiO9. The average molecular weight is 687 g/mol. The maximum Gasteiger partial charge on any atom is 3.00 e. The van der Waals surface area contributed by atoms with E-state index in [-0.39, 0.29) is 26.2 Å². The number of carboxylic acid groups (broad SMARTS) is 3. The first-order chi connectivity index (χ1) is 15.5. The van der Waals surface area contributed by atoms with E-state index in [0.29, 0.717) is 19.3 Å². The molecule has 3 atom stereocenters. The quantitative estimate of drug-likeness (QED) is 0.130. The van der Waals surface area contributed by atoms with Crippen molar-refractivity contribution in [1.82, 2.24) is 0 Å². The van der Waals surface area contributed by atoms with Gasteiger partial charge in [-0.05, 0) is 19.3 Å². The fourth-order valence-electron chi connectivity index (χ4n) is 2.65. The van der Waals surface area contributed by atoms with Gasteiger partial charge < -0.3 is 45.0 Å². The van der Waals surface area contributed by atoms with Gasteiger partial charge in [0, 0.05) is 0 Å². The summed E-state index contributed by atoms with van der Waals surface area (Å²) in [4.78, 5) is 30.0. The van der Waals surface area contributed by atoms with E-state index >= 15 is 0 Å². The van der Waals surface area contributed by atoms with Crippen molar-refractivity contribution < 1.29 is 45.0 Å². The molecule has 0 aromatic heterocycles. The first-order valence-corrected chi connectivity index (χ1v) is 12.2. The van der Waals surface area contributed by atoms with E-state index in [2.05, 4.69) is 20.8 Å². The molecule has 0 aliphatic carbocycles. The maximum atomic E-state index is 10.0. The van der Waals surface area contributed by atoms with Crippen molar-refractivity contribution in [1.29, 1.82) is 0 Å². The molecule has 200 valence electrons. The van der Waals surface area contributed by atoms with Crippen molar-refractivity contribution >= 4 is 44.1 Å². The Kier molecular flexibility index (Phi) is 35.8. The molecule has 0 spiro atoms. The standard InChI is InChI=1S/3C8H16O3.Bi/c3*1-2-3-4-5-6-7(9)8(10)11;/h3*7,9H,2-6H2,1H3,(H,10,11);/q;;;+3/p-3. The van der Waals surface area contributed by atoms with E-state index < -0.39 is 36.2 Å². The van der Waals surface area contributed by atoms with Crippen molar-refractivity contribution in [3.05, 3.63) is 0 Å². The molecule has 3 unspecified atom stereocenters. The van der Waals surface area contributed by atoms with Gasteiger partial charge in [0.15, 0.2) is 0 Å². The van der Waals surface area contributed by atoms with E-state index in [1.54, 1.807) is 0 Å². The summed E-state index contributed by atoms with van der Waals surface area (Å²) >= 11 is 0. The molecular weight excluding hydrogens is 641 g/mol. The second-order valence-electron chi connectivity index (χ2n) is 8.05. The fraction of sp³-hybridized carbons (Fsp3) is 0.875. The zero-order chi connectivity index (χ0) is 26.1. The van der Waals surface area contributed by atoms with Crippen LogP contribution in [-0.2, 0) is 14.4 Å². The summed E-state index contributed by atoms with van der Waals surface area (Å²) in [6.07, 6.45) is 9.04. The van der Waals surface area contributed by atoms with Crippen LogP contribution >= 0.6 is 0 Å². The molecule has 9 nitrogen and oxygen atoms in total. The van der Waals surface area contributed by atoms with Crippen molar-refractivity contribution in [3.63, 3.8) is 0 Å². The summed E-state index contributed by atoms with van der Waals surface area (Å²) < 4.78 is 0. The number of unbranched alkanes of at least 4 members (excludes halogenated alkanes) is 9. The van der Waals surface area contributed by atoms with Crippen molar-refractivity contribution in [3.8, 4) is 0 Å². The topological polar surface area (TPSA) is 181 Å². The number of carbonyl (C=O) groups excluding carboxylic acids is 3. The van der Waals surface area contributed by atoms with E-state index in [1.165, 1.54) is 0 Å². The summed E-state index contributed by atoms with van der Waals surface area (Å²) in [7, 11) is 0. The van der Waals surface area contributed by atoms with Crippen LogP contribution in [0.25, 0.3) is 0 Å². The van der Waals surface area contributed by atoms with Crippen LogP contribution in [0, 0.1) is 0 Å². The van der Waals surface area contributed by atoms with Gasteiger partial charge in [0.2, 0.25) is 0 Å². The molecule has 0 saturated carbocycles. The molecule has 0 rings (SSSR count). The Labute approximate surface area is 224 Å². The Morgan fingerprint density at radius 1 is 0.500 bits per heavy atom. The van der Waals surface area contributed by atoms with Crippen molar-refractivity contribution in [2.75, 3.05) is 0 Å². The van der Waals surface area contributed by atoms with E-state index in [4.69, 9.17) is 15.3 Å². The number of carbonyl (C=O) groups is 3. The number of hydrogen-bond acceptors (Lipinski definition) is 9. The van der Waals surface area contributed by atoms with E-state index in [9.17, 15) is 29.7 Å². The smallest absolute Gasteiger partial charge is 0.547 e. The number of aliphatic hydroxyl groups is 3. The summed E-state index contributed by atoms with van der Waals surface area (Å²) in [6.45, 7) is 6.24. The predicted molar refractivity (Wildman–Crippen MR) is 125 cm³/mol. The van der Waals surface area contributed by atoms with Gasteiger partial charge in [-0.25, -0.2) is 0 Å². The van der Waals surface area contributed by atoms with Gasteiger partial charge in [-0.3, -0.25) is 0 Å². The molecule has 0 saturated heterocycles. The Balaban J connectivity index is -0.000000196. The molecule has 0 aromatic carbocycles. The molecule has 0 amide bonds. The molecule has 0 aliphatic heterocycles. The summed E-state index contributed by atoms with van der Waals surface area (Å²) in [5.74, 6) is -4.08. The summed E-state index contributed by atoms with van der Waals surface area (Å²) in [5, 5.41) is 56.3.